The number of carbonyl (C=O) groups is 1. The molecule has 1 aromatic carbocycles. The van der Waals surface area contributed by atoms with Gasteiger partial charge in [0.1, 0.15) is 5.65 Å². The lowest BCUT2D eigenvalue weighted by atomic mass is 10.1. The van der Waals surface area contributed by atoms with Crippen LogP contribution in [0.1, 0.15) is 18.2 Å². The zero-order valence-corrected chi connectivity index (χ0v) is 13.9. The largest absolute Gasteiger partial charge is 0.305 e. The average Bonchev–Trinajstić information content (AvgIpc) is 3.08. The lowest BCUT2D eigenvalue weighted by Crippen LogP contribution is -2.34. The van der Waals surface area contributed by atoms with Gasteiger partial charge in [0.05, 0.1) is 5.69 Å². The molecule has 0 saturated carbocycles. The number of fused-ring (bicyclic) bond motifs is 2. The average molecular weight is 338 g/mol. The number of hydrogen-bond acceptors (Lipinski definition) is 2. The highest BCUT2D eigenvalue weighted by Gasteiger charge is 2.29. The number of benzene rings is 1. The Morgan fingerprint density at radius 2 is 2.04 bits per heavy atom. The quantitative estimate of drug-likeness (QED) is 0.663. The predicted molar refractivity (Wildman–Crippen MR) is 96.3 cm³/mol. The second-order valence-electron chi connectivity index (χ2n) is 5.94. The van der Waals surface area contributed by atoms with Gasteiger partial charge in [0, 0.05) is 24.0 Å². The third-order valence-electron chi connectivity index (χ3n) is 4.35. The SMILES string of the molecule is CC1Cc2ccccc2N1C(=O)C=Cc1c(Cl)nc2ccccn12. The molecule has 5 heteroatoms. The van der Waals surface area contributed by atoms with E-state index in [-0.39, 0.29) is 11.9 Å². The summed E-state index contributed by atoms with van der Waals surface area (Å²) in [4.78, 5) is 18.9. The van der Waals surface area contributed by atoms with Crippen LogP contribution in [0.3, 0.4) is 0 Å². The normalized spacial score (nSPS) is 16.9. The summed E-state index contributed by atoms with van der Waals surface area (Å²) < 4.78 is 1.87. The van der Waals surface area contributed by atoms with Crippen molar-refractivity contribution >= 4 is 34.9 Å². The Hall–Kier alpha value is -2.59. The van der Waals surface area contributed by atoms with Crippen LogP contribution in [-0.4, -0.2) is 21.3 Å². The molecule has 0 fully saturated rings. The number of amides is 1. The monoisotopic (exact) mass is 337 g/mol. The van der Waals surface area contributed by atoms with Crippen molar-refractivity contribution in [3.05, 3.63) is 71.1 Å². The highest BCUT2D eigenvalue weighted by molar-refractivity contribution is 6.31. The number of rotatable bonds is 2. The molecular weight excluding hydrogens is 322 g/mol. The lowest BCUT2D eigenvalue weighted by Gasteiger charge is -2.20. The molecule has 1 unspecified atom stereocenters. The van der Waals surface area contributed by atoms with Gasteiger partial charge in [0.15, 0.2) is 5.15 Å². The molecular formula is C19H16ClN3O. The van der Waals surface area contributed by atoms with E-state index in [1.165, 1.54) is 5.56 Å². The number of carbonyl (C=O) groups excluding carboxylic acids is 1. The van der Waals surface area contributed by atoms with E-state index in [0.29, 0.717) is 10.8 Å². The number of halogens is 1. The van der Waals surface area contributed by atoms with Crippen molar-refractivity contribution in [2.75, 3.05) is 4.90 Å². The Bertz CT molecular complexity index is 960. The first kappa shape index (κ1) is 15.0. The summed E-state index contributed by atoms with van der Waals surface area (Å²) in [5.41, 5.74) is 3.67. The Morgan fingerprint density at radius 3 is 2.92 bits per heavy atom. The molecule has 0 radical (unpaired) electrons. The fourth-order valence-corrected chi connectivity index (χ4v) is 3.51. The van der Waals surface area contributed by atoms with Gasteiger partial charge in [-0.05, 0) is 43.2 Å². The van der Waals surface area contributed by atoms with Gasteiger partial charge in [0.2, 0.25) is 0 Å². The Balaban J connectivity index is 1.67. The van der Waals surface area contributed by atoms with Gasteiger partial charge in [0.25, 0.3) is 5.91 Å². The zero-order valence-electron chi connectivity index (χ0n) is 13.2. The number of anilines is 1. The number of aromatic nitrogens is 2. The van der Waals surface area contributed by atoms with Gasteiger partial charge in [-0.3, -0.25) is 9.20 Å². The van der Waals surface area contributed by atoms with Crippen molar-refractivity contribution in [1.29, 1.82) is 0 Å². The molecule has 0 aliphatic carbocycles. The Morgan fingerprint density at radius 1 is 1.25 bits per heavy atom. The molecule has 0 spiro atoms. The minimum absolute atomic E-state index is 0.0469. The van der Waals surface area contributed by atoms with Gasteiger partial charge >= 0.3 is 0 Å². The smallest absolute Gasteiger partial charge is 0.251 e. The molecule has 3 aromatic rings. The fourth-order valence-electron chi connectivity index (χ4n) is 3.27. The molecule has 1 aliphatic rings. The molecule has 0 saturated heterocycles. The maximum Gasteiger partial charge on any atom is 0.251 e. The van der Waals surface area contributed by atoms with Gasteiger partial charge in [-0.15, -0.1) is 0 Å². The first-order chi connectivity index (χ1) is 11.6. The van der Waals surface area contributed by atoms with Gasteiger partial charge < -0.3 is 4.90 Å². The van der Waals surface area contributed by atoms with Crippen molar-refractivity contribution in [3.8, 4) is 0 Å². The summed E-state index contributed by atoms with van der Waals surface area (Å²) in [6, 6.07) is 13.9. The van der Waals surface area contributed by atoms with Crippen molar-refractivity contribution in [3.63, 3.8) is 0 Å². The van der Waals surface area contributed by atoms with E-state index in [2.05, 4.69) is 18.0 Å². The number of nitrogens with zero attached hydrogens (tertiary/aromatic N) is 3. The molecule has 1 atom stereocenters. The van der Waals surface area contributed by atoms with Gasteiger partial charge in [-0.2, -0.15) is 0 Å². The molecule has 0 bridgehead atoms. The van der Waals surface area contributed by atoms with E-state index in [4.69, 9.17) is 11.6 Å². The minimum Gasteiger partial charge on any atom is -0.305 e. The van der Waals surface area contributed by atoms with Gasteiger partial charge in [-0.25, -0.2) is 4.98 Å². The maximum atomic E-state index is 12.7. The van der Waals surface area contributed by atoms with Crippen molar-refractivity contribution in [1.82, 2.24) is 9.38 Å². The second-order valence-corrected chi connectivity index (χ2v) is 6.30. The van der Waals surface area contributed by atoms with E-state index in [1.807, 2.05) is 51.9 Å². The standard InChI is InChI=1S/C19H16ClN3O/c1-13-12-14-6-2-3-7-15(14)23(13)18(24)10-9-16-19(20)21-17-8-4-5-11-22(16)17/h2-11,13H,12H2,1H3. The summed E-state index contributed by atoms with van der Waals surface area (Å²) in [5.74, 6) is -0.0469. The van der Waals surface area contributed by atoms with Crippen LogP contribution in [0.5, 0.6) is 0 Å². The highest BCUT2D eigenvalue weighted by atomic mass is 35.5. The molecule has 4 rings (SSSR count). The third-order valence-corrected chi connectivity index (χ3v) is 4.63. The van der Waals surface area contributed by atoms with Crippen LogP contribution >= 0.6 is 11.6 Å². The summed E-state index contributed by atoms with van der Waals surface area (Å²) in [6.07, 6.45) is 6.07. The second kappa shape index (κ2) is 5.80. The summed E-state index contributed by atoms with van der Waals surface area (Å²) >= 11 is 6.21. The van der Waals surface area contributed by atoms with E-state index >= 15 is 0 Å². The van der Waals surface area contributed by atoms with Crippen molar-refractivity contribution < 1.29 is 4.79 Å². The summed E-state index contributed by atoms with van der Waals surface area (Å²) in [6.45, 7) is 2.06. The Labute approximate surface area is 145 Å². The van der Waals surface area contributed by atoms with Crippen LogP contribution in [-0.2, 0) is 11.2 Å². The van der Waals surface area contributed by atoms with E-state index in [9.17, 15) is 4.79 Å². The molecule has 1 amide bonds. The Kier molecular flexibility index (Phi) is 3.62. The van der Waals surface area contributed by atoms with Gasteiger partial charge in [-0.1, -0.05) is 35.9 Å². The minimum atomic E-state index is -0.0469. The van der Waals surface area contributed by atoms with Crippen LogP contribution < -0.4 is 4.90 Å². The van der Waals surface area contributed by atoms with Crippen molar-refractivity contribution in [2.24, 2.45) is 0 Å². The van der Waals surface area contributed by atoms with Crippen LogP contribution in [0.4, 0.5) is 5.69 Å². The van der Waals surface area contributed by atoms with Crippen LogP contribution in [0.25, 0.3) is 11.7 Å². The first-order valence-corrected chi connectivity index (χ1v) is 8.24. The van der Waals surface area contributed by atoms with E-state index in [1.54, 1.807) is 12.2 Å². The molecule has 24 heavy (non-hydrogen) atoms. The number of imidazole rings is 1. The van der Waals surface area contributed by atoms with Crippen LogP contribution in [0, 0.1) is 0 Å². The molecule has 120 valence electrons. The van der Waals surface area contributed by atoms with E-state index < -0.39 is 0 Å². The number of pyridine rings is 1. The first-order valence-electron chi connectivity index (χ1n) is 7.87. The molecule has 4 nitrogen and oxygen atoms in total. The molecule has 1 aliphatic heterocycles. The summed E-state index contributed by atoms with van der Waals surface area (Å²) in [7, 11) is 0. The van der Waals surface area contributed by atoms with Crippen molar-refractivity contribution in [2.45, 2.75) is 19.4 Å². The van der Waals surface area contributed by atoms with E-state index in [0.717, 1.165) is 17.8 Å². The lowest BCUT2D eigenvalue weighted by molar-refractivity contribution is -0.114. The van der Waals surface area contributed by atoms with Crippen LogP contribution in [0.2, 0.25) is 5.15 Å². The molecule has 3 heterocycles. The summed E-state index contributed by atoms with van der Waals surface area (Å²) in [5, 5.41) is 0.389. The number of para-hydroxylation sites is 1. The molecule has 2 aromatic heterocycles. The topological polar surface area (TPSA) is 37.6 Å². The zero-order chi connectivity index (χ0) is 16.7. The predicted octanol–water partition coefficient (Wildman–Crippen LogP) is 3.98. The number of hydrogen-bond donors (Lipinski definition) is 0. The molecule has 0 N–H and O–H groups in total. The maximum absolute atomic E-state index is 12.7. The third kappa shape index (κ3) is 2.39. The van der Waals surface area contributed by atoms with Crippen LogP contribution in [0.15, 0.2) is 54.7 Å². The highest BCUT2D eigenvalue weighted by Crippen LogP contribution is 2.32. The fraction of sp³-hybridized carbons (Fsp3) is 0.158.